The fourth-order valence-electron chi connectivity index (χ4n) is 2.61. The Kier molecular flexibility index (Phi) is 6.04. The molecule has 0 aliphatic rings. The summed E-state index contributed by atoms with van der Waals surface area (Å²) in [6.45, 7) is 4.93. The Labute approximate surface area is 160 Å². The summed E-state index contributed by atoms with van der Waals surface area (Å²) in [4.78, 5) is -0.811. The topological polar surface area (TPSA) is 87.4 Å². The van der Waals surface area contributed by atoms with Gasteiger partial charge in [0.15, 0.2) is 21.3 Å². The van der Waals surface area contributed by atoms with Crippen molar-refractivity contribution in [1.29, 1.82) is 5.26 Å². The van der Waals surface area contributed by atoms with Gasteiger partial charge in [-0.05, 0) is 35.7 Å². The van der Waals surface area contributed by atoms with E-state index >= 15 is 0 Å². The molecule has 0 saturated heterocycles. The summed E-state index contributed by atoms with van der Waals surface area (Å²) in [6, 6.07) is 8.59. The number of phenolic OH excluding ortho intramolecular Hbond substituents is 1. The average molecular weight is 411 g/mol. The standard InChI is InChI=1S/C19H16F3NO4S/c1-3-27-17-9-13(7-8-16(17)24)15-6-4-5-14(18(15)19(20,21)22)11-28(25,26)12(2)10-23/h4-9,24H,2-3,11H2,1H3. The van der Waals surface area contributed by atoms with Crippen LogP contribution in [0.25, 0.3) is 11.1 Å². The fraction of sp³-hybridized carbons (Fsp3) is 0.211. The van der Waals surface area contributed by atoms with E-state index in [1.807, 2.05) is 0 Å². The smallest absolute Gasteiger partial charge is 0.417 e. The van der Waals surface area contributed by atoms with Gasteiger partial charge in [-0.25, -0.2) is 8.42 Å². The lowest BCUT2D eigenvalue weighted by atomic mass is 9.95. The number of sulfone groups is 1. The second kappa shape index (κ2) is 7.94. The third-order valence-electron chi connectivity index (χ3n) is 3.85. The summed E-state index contributed by atoms with van der Waals surface area (Å²) in [5.41, 5.74) is -1.83. The second-order valence-electron chi connectivity index (χ2n) is 5.75. The lowest BCUT2D eigenvalue weighted by Crippen LogP contribution is -2.15. The van der Waals surface area contributed by atoms with Crippen LogP contribution in [0, 0.1) is 11.3 Å². The first-order chi connectivity index (χ1) is 13.0. The number of hydrogen-bond acceptors (Lipinski definition) is 5. The van der Waals surface area contributed by atoms with E-state index < -0.39 is 37.8 Å². The molecule has 0 heterocycles. The van der Waals surface area contributed by atoms with Crippen LogP contribution in [-0.4, -0.2) is 20.1 Å². The van der Waals surface area contributed by atoms with Crippen molar-refractivity contribution in [3.63, 3.8) is 0 Å². The van der Waals surface area contributed by atoms with Crippen LogP contribution in [0.4, 0.5) is 13.2 Å². The highest BCUT2D eigenvalue weighted by Gasteiger charge is 2.37. The van der Waals surface area contributed by atoms with Crippen molar-refractivity contribution in [2.45, 2.75) is 18.9 Å². The molecule has 0 radical (unpaired) electrons. The Balaban J connectivity index is 2.70. The van der Waals surface area contributed by atoms with E-state index in [4.69, 9.17) is 10.00 Å². The summed E-state index contributed by atoms with van der Waals surface area (Å²) in [6.07, 6.45) is -4.86. The molecule has 0 aliphatic carbocycles. The van der Waals surface area contributed by atoms with Crippen LogP contribution in [0.2, 0.25) is 0 Å². The van der Waals surface area contributed by atoms with Crippen LogP contribution in [-0.2, 0) is 21.8 Å². The number of aromatic hydroxyl groups is 1. The summed E-state index contributed by atoms with van der Waals surface area (Å²) >= 11 is 0. The number of nitriles is 1. The highest BCUT2D eigenvalue weighted by Crippen LogP contribution is 2.42. The molecular formula is C19H16F3NO4S. The van der Waals surface area contributed by atoms with E-state index in [0.717, 1.165) is 6.07 Å². The zero-order valence-corrected chi connectivity index (χ0v) is 15.6. The van der Waals surface area contributed by atoms with Gasteiger partial charge in [-0.1, -0.05) is 30.8 Å². The van der Waals surface area contributed by atoms with Crippen molar-refractivity contribution >= 4 is 9.84 Å². The number of phenols is 1. The minimum absolute atomic E-state index is 0.00371. The van der Waals surface area contributed by atoms with Gasteiger partial charge in [0.25, 0.3) is 0 Å². The molecule has 0 atom stereocenters. The Morgan fingerprint density at radius 1 is 1.29 bits per heavy atom. The first-order valence-electron chi connectivity index (χ1n) is 7.98. The monoisotopic (exact) mass is 411 g/mol. The summed E-state index contributed by atoms with van der Waals surface area (Å²) in [5.74, 6) is -1.24. The van der Waals surface area contributed by atoms with Crippen LogP contribution in [0.5, 0.6) is 11.5 Å². The zero-order chi connectivity index (χ0) is 21.1. The largest absolute Gasteiger partial charge is 0.504 e. The molecule has 0 spiro atoms. The van der Waals surface area contributed by atoms with Gasteiger partial charge in [0.2, 0.25) is 0 Å². The van der Waals surface area contributed by atoms with Crippen LogP contribution >= 0.6 is 0 Å². The Hall–Kier alpha value is -2.99. The molecule has 0 aromatic heterocycles. The lowest BCUT2D eigenvalue weighted by molar-refractivity contribution is -0.137. The summed E-state index contributed by atoms with van der Waals surface area (Å²) in [5, 5.41) is 18.5. The predicted octanol–water partition coefficient (Wildman–Crippen LogP) is 4.43. The van der Waals surface area contributed by atoms with Crippen molar-refractivity contribution in [2.75, 3.05) is 6.61 Å². The molecule has 0 saturated carbocycles. The zero-order valence-electron chi connectivity index (χ0n) is 14.7. The molecule has 2 aromatic carbocycles. The molecule has 2 rings (SSSR count). The van der Waals surface area contributed by atoms with E-state index in [1.165, 1.54) is 36.4 Å². The van der Waals surface area contributed by atoms with Gasteiger partial charge in [0, 0.05) is 0 Å². The lowest BCUT2D eigenvalue weighted by Gasteiger charge is -2.18. The molecule has 9 heteroatoms. The molecule has 1 N–H and O–H groups in total. The maximum absolute atomic E-state index is 13.8. The average Bonchev–Trinajstić information content (AvgIpc) is 2.61. The van der Waals surface area contributed by atoms with Crippen LogP contribution in [0.3, 0.4) is 0 Å². The van der Waals surface area contributed by atoms with Gasteiger partial charge in [-0.15, -0.1) is 0 Å². The normalized spacial score (nSPS) is 11.7. The maximum atomic E-state index is 13.8. The van der Waals surface area contributed by atoms with Crippen LogP contribution in [0.15, 0.2) is 47.9 Å². The Morgan fingerprint density at radius 3 is 2.54 bits per heavy atom. The van der Waals surface area contributed by atoms with Gasteiger partial charge >= 0.3 is 6.18 Å². The first-order valence-corrected chi connectivity index (χ1v) is 9.63. The van der Waals surface area contributed by atoms with Gasteiger partial charge < -0.3 is 9.84 Å². The van der Waals surface area contributed by atoms with E-state index in [-0.39, 0.29) is 29.2 Å². The predicted molar refractivity (Wildman–Crippen MR) is 97.1 cm³/mol. The van der Waals surface area contributed by atoms with Gasteiger partial charge in [0.1, 0.15) is 11.0 Å². The van der Waals surface area contributed by atoms with Crippen molar-refractivity contribution in [2.24, 2.45) is 0 Å². The third-order valence-corrected chi connectivity index (χ3v) is 5.38. The van der Waals surface area contributed by atoms with Gasteiger partial charge in [-0.3, -0.25) is 0 Å². The number of benzene rings is 2. The Bertz CT molecular complexity index is 1050. The highest BCUT2D eigenvalue weighted by atomic mass is 32.2. The summed E-state index contributed by atoms with van der Waals surface area (Å²) in [7, 11) is -4.29. The van der Waals surface area contributed by atoms with E-state index in [2.05, 4.69) is 6.58 Å². The molecule has 0 bridgehead atoms. The number of ether oxygens (including phenoxy) is 1. The maximum Gasteiger partial charge on any atom is 0.417 e. The van der Waals surface area contributed by atoms with Crippen molar-refractivity contribution in [1.82, 2.24) is 0 Å². The van der Waals surface area contributed by atoms with E-state index in [9.17, 15) is 26.7 Å². The molecule has 28 heavy (non-hydrogen) atoms. The number of rotatable bonds is 6. The second-order valence-corrected chi connectivity index (χ2v) is 7.76. The fourth-order valence-corrected chi connectivity index (χ4v) is 3.57. The third kappa shape index (κ3) is 4.46. The molecule has 0 amide bonds. The van der Waals surface area contributed by atoms with Crippen LogP contribution < -0.4 is 4.74 Å². The molecule has 0 aliphatic heterocycles. The molecular weight excluding hydrogens is 395 g/mol. The number of halogens is 3. The van der Waals surface area contributed by atoms with Crippen molar-refractivity contribution < 1.29 is 31.4 Å². The number of hydrogen-bond donors (Lipinski definition) is 1. The quantitative estimate of drug-likeness (QED) is 0.711. The minimum Gasteiger partial charge on any atom is -0.504 e. The minimum atomic E-state index is -4.86. The van der Waals surface area contributed by atoms with E-state index in [0.29, 0.717) is 0 Å². The van der Waals surface area contributed by atoms with Gasteiger partial charge in [-0.2, -0.15) is 18.4 Å². The van der Waals surface area contributed by atoms with Gasteiger partial charge in [0.05, 0.1) is 17.9 Å². The molecule has 5 nitrogen and oxygen atoms in total. The van der Waals surface area contributed by atoms with Crippen LogP contribution in [0.1, 0.15) is 18.1 Å². The number of allylic oxidation sites excluding steroid dienone is 1. The van der Waals surface area contributed by atoms with Crippen molar-refractivity contribution in [3.05, 3.63) is 59.0 Å². The van der Waals surface area contributed by atoms with E-state index in [1.54, 1.807) is 6.92 Å². The SMILES string of the molecule is C=C(C#N)S(=O)(=O)Cc1cccc(-c2ccc(O)c(OCC)c2)c1C(F)(F)F. The summed E-state index contributed by atoms with van der Waals surface area (Å²) < 4.78 is 70.9. The molecule has 0 unspecified atom stereocenters. The molecule has 2 aromatic rings. The Morgan fingerprint density at radius 2 is 1.96 bits per heavy atom. The number of alkyl halides is 3. The van der Waals surface area contributed by atoms with Crippen molar-refractivity contribution in [3.8, 4) is 28.7 Å². The molecule has 0 fully saturated rings. The first kappa shape index (κ1) is 21.3. The molecule has 148 valence electrons. The highest BCUT2D eigenvalue weighted by molar-refractivity contribution is 7.94. The number of nitrogens with zero attached hydrogens (tertiary/aromatic N) is 1.